The Morgan fingerprint density at radius 1 is 1.00 bits per heavy atom. The molecule has 0 aliphatic carbocycles. The molecule has 1 atom stereocenters. The number of allylic oxidation sites excluding steroid dienone is 1. The lowest BCUT2D eigenvalue weighted by atomic mass is 10.2. The Morgan fingerprint density at radius 3 is 2.26 bits per heavy atom. The van der Waals surface area contributed by atoms with E-state index in [4.69, 9.17) is 14.7 Å². The molecule has 0 N–H and O–H groups in total. The van der Waals surface area contributed by atoms with Gasteiger partial charge in [0.15, 0.2) is 11.4 Å². The molecule has 0 bridgehead atoms. The highest BCUT2D eigenvalue weighted by Crippen LogP contribution is 2.38. The smallest absolute Gasteiger partial charge is 0.213 e. The van der Waals surface area contributed by atoms with Crippen LogP contribution in [-0.2, 0) is 0 Å². The monoisotopic (exact) mass is 307 g/mol. The van der Waals surface area contributed by atoms with E-state index in [1.165, 1.54) is 0 Å². The van der Waals surface area contributed by atoms with Crippen LogP contribution < -0.4 is 14.0 Å². The Kier molecular flexibility index (Phi) is 3.79. The topological polar surface area (TPSA) is 67.5 Å². The highest BCUT2D eigenvalue weighted by Gasteiger charge is 2.35. The lowest BCUT2D eigenvalue weighted by Crippen LogP contribution is -2.34. The molecule has 1 aliphatic rings. The summed E-state index contributed by atoms with van der Waals surface area (Å²) in [6.07, 6.45) is 5.21. The van der Waals surface area contributed by atoms with Crippen LogP contribution >= 0.6 is 0 Å². The van der Waals surface area contributed by atoms with Crippen molar-refractivity contribution in [3.8, 4) is 17.7 Å². The second-order valence-electron chi connectivity index (χ2n) is 4.90. The third kappa shape index (κ3) is 2.54. The highest BCUT2D eigenvalue weighted by atomic mass is 16.5. The SMILES string of the molecule is COc1ccc([N+]2(c3ccc(OC)nc3)C=NC(C#N)=C2)cc1. The molecular weight excluding hydrogens is 292 g/mol. The average Bonchev–Trinajstić information content (AvgIpc) is 3.07. The number of aliphatic imine (C=N–C) groups is 1. The van der Waals surface area contributed by atoms with Gasteiger partial charge in [-0.2, -0.15) is 14.7 Å². The fraction of sp³-hybridized carbons (Fsp3) is 0.118. The van der Waals surface area contributed by atoms with E-state index in [1.807, 2.05) is 30.3 Å². The van der Waals surface area contributed by atoms with E-state index in [1.54, 1.807) is 39.0 Å². The van der Waals surface area contributed by atoms with E-state index in [-0.39, 0.29) is 4.48 Å². The molecule has 114 valence electrons. The number of hydrogen-bond donors (Lipinski definition) is 0. The van der Waals surface area contributed by atoms with Crippen molar-refractivity contribution in [1.29, 1.82) is 5.26 Å². The van der Waals surface area contributed by atoms with E-state index in [2.05, 4.69) is 16.0 Å². The van der Waals surface area contributed by atoms with Gasteiger partial charge < -0.3 is 9.47 Å². The molecule has 0 saturated heterocycles. The number of ether oxygens (including phenoxy) is 2. The van der Waals surface area contributed by atoms with Gasteiger partial charge in [0.1, 0.15) is 23.7 Å². The van der Waals surface area contributed by atoms with Gasteiger partial charge >= 0.3 is 0 Å². The summed E-state index contributed by atoms with van der Waals surface area (Å²) in [7, 11) is 3.19. The number of methoxy groups -OCH3 is 2. The third-order valence-electron chi connectivity index (χ3n) is 3.68. The van der Waals surface area contributed by atoms with Crippen molar-refractivity contribution >= 4 is 17.7 Å². The van der Waals surface area contributed by atoms with E-state index in [0.29, 0.717) is 11.6 Å². The van der Waals surface area contributed by atoms with Gasteiger partial charge in [-0.3, -0.25) is 0 Å². The van der Waals surface area contributed by atoms with Crippen molar-refractivity contribution in [2.24, 2.45) is 4.99 Å². The Morgan fingerprint density at radius 2 is 1.74 bits per heavy atom. The van der Waals surface area contributed by atoms with Gasteiger partial charge in [0.25, 0.3) is 0 Å². The van der Waals surface area contributed by atoms with Crippen molar-refractivity contribution < 1.29 is 9.47 Å². The lowest BCUT2D eigenvalue weighted by Gasteiger charge is -2.26. The molecule has 6 nitrogen and oxygen atoms in total. The summed E-state index contributed by atoms with van der Waals surface area (Å²) in [6, 6.07) is 13.4. The zero-order valence-corrected chi connectivity index (χ0v) is 12.8. The first kappa shape index (κ1) is 14.8. The average molecular weight is 307 g/mol. The summed E-state index contributed by atoms with van der Waals surface area (Å²) in [6.45, 7) is 0. The highest BCUT2D eigenvalue weighted by molar-refractivity contribution is 5.88. The molecule has 1 aromatic heterocycles. The molecule has 0 saturated carbocycles. The van der Waals surface area contributed by atoms with Crippen molar-refractivity contribution in [3.05, 3.63) is 54.5 Å². The van der Waals surface area contributed by atoms with Crippen LogP contribution in [0.5, 0.6) is 11.6 Å². The van der Waals surface area contributed by atoms with Crippen LogP contribution in [0, 0.1) is 11.3 Å². The van der Waals surface area contributed by atoms with Crippen LogP contribution in [-0.4, -0.2) is 25.5 Å². The van der Waals surface area contributed by atoms with Crippen LogP contribution in [0.1, 0.15) is 0 Å². The van der Waals surface area contributed by atoms with Crippen LogP contribution in [0.4, 0.5) is 11.4 Å². The van der Waals surface area contributed by atoms with E-state index in [0.717, 1.165) is 17.1 Å². The molecule has 0 fully saturated rings. The number of benzene rings is 1. The van der Waals surface area contributed by atoms with Gasteiger partial charge in [-0.1, -0.05) is 0 Å². The number of quaternary nitrogens is 1. The zero-order valence-electron chi connectivity index (χ0n) is 12.8. The summed E-state index contributed by atoms with van der Waals surface area (Å²) in [5.41, 5.74) is 2.13. The number of rotatable bonds is 4. The van der Waals surface area contributed by atoms with E-state index in [9.17, 15) is 0 Å². The summed E-state index contributed by atoms with van der Waals surface area (Å²) >= 11 is 0. The van der Waals surface area contributed by atoms with Crippen molar-refractivity contribution in [1.82, 2.24) is 9.47 Å². The molecule has 6 heteroatoms. The van der Waals surface area contributed by atoms with Crippen LogP contribution in [0.2, 0.25) is 0 Å². The van der Waals surface area contributed by atoms with Crippen molar-refractivity contribution in [3.63, 3.8) is 0 Å². The molecule has 23 heavy (non-hydrogen) atoms. The quantitative estimate of drug-likeness (QED) is 0.814. The first-order valence-corrected chi connectivity index (χ1v) is 6.93. The second kappa shape index (κ2) is 5.91. The molecule has 0 amide bonds. The summed E-state index contributed by atoms with van der Waals surface area (Å²) < 4.78 is 10.5. The number of aromatic nitrogens is 1. The minimum atomic E-state index is 0.184. The summed E-state index contributed by atoms with van der Waals surface area (Å²) in [4.78, 5) is 8.46. The molecule has 2 heterocycles. The fourth-order valence-corrected chi connectivity index (χ4v) is 2.44. The maximum Gasteiger partial charge on any atom is 0.213 e. The molecule has 0 spiro atoms. The standard InChI is InChI=1S/C17H15N4O2/c1-22-16-6-3-14(4-7-16)21(11-13(9-18)20-12-21)15-5-8-17(23-2)19-10-15/h3-8,10-12H,1-2H3/q+1. The first-order valence-electron chi connectivity index (χ1n) is 6.93. The van der Waals surface area contributed by atoms with Crippen molar-refractivity contribution in [2.75, 3.05) is 14.2 Å². The summed E-state index contributed by atoms with van der Waals surface area (Å²) in [5.74, 6) is 1.29. The fourth-order valence-electron chi connectivity index (χ4n) is 2.44. The Labute approximate surface area is 134 Å². The Hall–Kier alpha value is -3.17. The van der Waals surface area contributed by atoms with Gasteiger partial charge in [0.2, 0.25) is 12.2 Å². The molecule has 1 aromatic carbocycles. The minimum Gasteiger partial charge on any atom is -0.497 e. The molecule has 1 aliphatic heterocycles. The zero-order chi connectivity index (χ0) is 16.3. The number of nitrogens with zero attached hydrogens (tertiary/aromatic N) is 4. The van der Waals surface area contributed by atoms with Crippen LogP contribution in [0.3, 0.4) is 0 Å². The van der Waals surface area contributed by atoms with E-state index >= 15 is 0 Å². The van der Waals surface area contributed by atoms with Gasteiger partial charge in [0, 0.05) is 24.3 Å². The van der Waals surface area contributed by atoms with Gasteiger partial charge in [-0.15, -0.1) is 0 Å². The molecule has 1 unspecified atom stereocenters. The Balaban J connectivity index is 2.13. The molecule has 0 radical (unpaired) electrons. The number of nitriles is 1. The largest absolute Gasteiger partial charge is 0.497 e. The minimum absolute atomic E-state index is 0.184. The van der Waals surface area contributed by atoms with Crippen molar-refractivity contribution in [2.45, 2.75) is 0 Å². The second-order valence-corrected chi connectivity index (χ2v) is 4.90. The molecular formula is C17H15N4O2+. The van der Waals surface area contributed by atoms with Gasteiger partial charge in [0.05, 0.1) is 20.4 Å². The maximum absolute atomic E-state index is 9.16. The molecule has 2 aromatic rings. The number of hydrogen-bond acceptors (Lipinski definition) is 5. The van der Waals surface area contributed by atoms with E-state index < -0.39 is 0 Å². The first-order chi connectivity index (χ1) is 11.2. The maximum atomic E-state index is 9.16. The predicted octanol–water partition coefficient (Wildman–Crippen LogP) is 3.14. The normalized spacial score (nSPS) is 19.1. The van der Waals surface area contributed by atoms with Gasteiger partial charge in [-0.05, 0) is 12.1 Å². The lowest BCUT2D eigenvalue weighted by molar-refractivity contribution is 0.397. The third-order valence-corrected chi connectivity index (χ3v) is 3.68. The molecule has 3 rings (SSSR count). The van der Waals surface area contributed by atoms with Gasteiger partial charge in [-0.25, -0.2) is 4.98 Å². The van der Waals surface area contributed by atoms with Crippen LogP contribution in [0.25, 0.3) is 0 Å². The summed E-state index contributed by atoms with van der Waals surface area (Å²) in [5, 5.41) is 9.16. The predicted molar refractivity (Wildman–Crippen MR) is 87.4 cm³/mol. The number of pyridine rings is 1. The van der Waals surface area contributed by atoms with Crippen LogP contribution in [0.15, 0.2) is 59.5 Å². The Bertz CT molecular complexity index is 754.